The van der Waals surface area contributed by atoms with E-state index >= 15 is 0 Å². The molecule has 1 saturated heterocycles. The Morgan fingerprint density at radius 3 is 2.61 bits per heavy atom. The number of pyridine rings is 1. The average Bonchev–Trinajstić information content (AvgIpc) is 2.38. The van der Waals surface area contributed by atoms with Gasteiger partial charge in [-0.25, -0.2) is 4.98 Å². The maximum atomic E-state index is 5.87. The summed E-state index contributed by atoms with van der Waals surface area (Å²) < 4.78 is 0. The molecule has 3 nitrogen and oxygen atoms in total. The molecule has 2 rings (SSSR count). The fraction of sp³-hybridized carbons (Fsp3) is 0.643. The minimum absolute atomic E-state index is 0.539. The Labute approximate surface area is 115 Å². The molecule has 0 amide bonds. The van der Waals surface area contributed by atoms with Crippen LogP contribution in [0.5, 0.6) is 0 Å². The van der Waals surface area contributed by atoms with E-state index in [-0.39, 0.29) is 0 Å². The number of rotatable bonds is 3. The molecule has 4 heteroatoms. The van der Waals surface area contributed by atoms with Gasteiger partial charge in [-0.1, -0.05) is 6.07 Å². The maximum Gasteiger partial charge on any atom is 0.128 e. The highest BCUT2D eigenvalue weighted by atomic mass is 35.5. The van der Waals surface area contributed by atoms with Gasteiger partial charge < -0.3 is 9.80 Å². The van der Waals surface area contributed by atoms with Crippen LogP contribution < -0.4 is 4.90 Å². The monoisotopic (exact) mass is 267 g/mol. The lowest BCUT2D eigenvalue weighted by Crippen LogP contribution is -2.42. The van der Waals surface area contributed by atoms with Crippen molar-refractivity contribution >= 4 is 17.4 Å². The summed E-state index contributed by atoms with van der Waals surface area (Å²) in [5, 5.41) is 0. The number of aromatic nitrogens is 1. The van der Waals surface area contributed by atoms with Gasteiger partial charge in [0.1, 0.15) is 5.82 Å². The lowest BCUT2D eigenvalue weighted by molar-refractivity contribution is 0.252. The van der Waals surface area contributed by atoms with Crippen molar-refractivity contribution in [1.29, 1.82) is 0 Å². The summed E-state index contributed by atoms with van der Waals surface area (Å²) in [6, 6.07) is 4.79. The highest BCUT2D eigenvalue weighted by Gasteiger charge is 2.21. The fourth-order valence-electron chi connectivity index (χ4n) is 2.48. The molecule has 18 heavy (non-hydrogen) atoms. The number of hydrogen-bond acceptors (Lipinski definition) is 3. The van der Waals surface area contributed by atoms with Crippen LogP contribution in [-0.2, 0) is 5.88 Å². The lowest BCUT2D eigenvalue weighted by atomic mass is 10.0. The molecular formula is C14H22ClN3. The zero-order valence-electron chi connectivity index (χ0n) is 11.5. The van der Waals surface area contributed by atoms with Crippen molar-refractivity contribution in [2.45, 2.75) is 31.7 Å². The third-order valence-corrected chi connectivity index (χ3v) is 4.21. The van der Waals surface area contributed by atoms with Gasteiger partial charge in [-0.2, -0.15) is 0 Å². The number of hydrogen-bond donors (Lipinski definition) is 0. The number of halogens is 1. The summed E-state index contributed by atoms with van der Waals surface area (Å²) in [6.07, 6.45) is 2.43. The van der Waals surface area contributed by atoms with Crippen molar-refractivity contribution in [3.8, 4) is 0 Å². The molecule has 0 spiro atoms. The molecule has 0 atom stereocenters. The van der Waals surface area contributed by atoms with E-state index in [4.69, 9.17) is 11.6 Å². The molecule has 1 aliphatic rings. The number of anilines is 1. The maximum absolute atomic E-state index is 5.87. The summed E-state index contributed by atoms with van der Waals surface area (Å²) in [7, 11) is 4.34. The number of aryl methyl sites for hydroxylation is 1. The molecule has 0 aliphatic carbocycles. The molecule has 0 unspecified atom stereocenters. The second-order valence-corrected chi connectivity index (χ2v) is 5.46. The van der Waals surface area contributed by atoms with Gasteiger partial charge in [-0.05, 0) is 51.5 Å². The first-order valence-corrected chi connectivity index (χ1v) is 7.09. The van der Waals surface area contributed by atoms with Gasteiger partial charge >= 0.3 is 0 Å². The van der Waals surface area contributed by atoms with Crippen LogP contribution in [0.15, 0.2) is 12.1 Å². The Morgan fingerprint density at radius 1 is 1.39 bits per heavy atom. The molecular weight excluding hydrogens is 246 g/mol. The number of alkyl halides is 1. The van der Waals surface area contributed by atoms with E-state index in [0.29, 0.717) is 11.9 Å². The van der Waals surface area contributed by atoms with Gasteiger partial charge in [0.15, 0.2) is 0 Å². The van der Waals surface area contributed by atoms with Crippen molar-refractivity contribution in [2.75, 3.05) is 32.1 Å². The molecule has 1 aromatic heterocycles. The zero-order valence-corrected chi connectivity index (χ0v) is 12.2. The van der Waals surface area contributed by atoms with Crippen LogP contribution in [0.2, 0.25) is 0 Å². The van der Waals surface area contributed by atoms with E-state index in [1.165, 1.54) is 25.9 Å². The molecule has 1 aliphatic heterocycles. The molecule has 0 N–H and O–H groups in total. The van der Waals surface area contributed by atoms with Gasteiger partial charge in [0.2, 0.25) is 0 Å². The van der Waals surface area contributed by atoms with E-state index in [9.17, 15) is 0 Å². The van der Waals surface area contributed by atoms with Crippen LogP contribution in [0, 0.1) is 6.92 Å². The van der Waals surface area contributed by atoms with Gasteiger partial charge in [0.25, 0.3) is 0 Å². The standard InChI is InChI=1S/C14H22ClN3/c1-11-12(10-15)4-5-14(16-11)18(3)13-6-8-17(2)9-7-13/h4-5,13H,6-10H2,1-3H3. The molecule has 1 fully saturated rings. The zero-order chi connectivity index (χ0) is 13.1. The van der Waals surface area contributed by atoms with Crippen LogP contribution in [0.25, 0.3) is 0 Å². The number of likely N-dealkylation sites (tertiary alicyclic amines) is 1. The third-order valence-electron chi connectivity index (χ3n) is 3.92. The van der Waals surface area contributed by atoms with Crippen molar-refractivity contribution < 1.29 is 0 Å². The Kier molecular flexibility index (Phi) is 4.46. The first-order chi connectivity index (χ1) is 8.61. The van der Waals surface area contributed by atoms with Crippen molar-refractivity contribution in [2.24, 2.45) is 0 Å². The Balaban J connectivity index is 2.08. The second-order valence-electron chi connectivity index (χ2n) is 5.19. The molecule has 2 heterocycles. The average molecular weight is 268 g/mol. The highest BCUT2D eigenvalue weighted by Crippen LogP contribution is 2.21. The molecule has 100 valence electrons. The van der Waals surface area contributed by atoms with Crippen molar-refractivity contribution in [3.63, 3.8) is 0 Å². The smallest absolute Gasteiger partial charge is 0.128 e. The van der Waals surface area contributed by atoms with Crippen LogP contribution in [0.1, 0.15) is 24.1 Å². The Morgan fingerprint density at radius 2 is 2.06 bits per heavy atom. The number of piperidine rings is 1. The molecule has 0 aromatic carbocycles. The quantitative estimate of drug-likeness (QED) is 0.785. The Hall–Kier alpha value is -0.800. The minimum atomic E-state index is 0.539. The summed E-state index contributed by atoms with van der Waals surface area (Å²) >= 11 is 5.87. The predicted octanol–water partition coefficient (Wildman–Crippen LogP) is 2.66. The topological polar surface area (TPSA) is 19.4 Å². The SMILES string of the molecule is Cc1nc(N(C)C2CCN(C)CC2)ccc1CCl. The summed E-state index contributed by atoms with van der Waals surface area (Å²) in [5.41, 5.74) is 2.17. The molecule has 0 radical (unpaired) electrons. The van der Waals surface area contributed by atoms with Gasteiger partial charge in [0, 0.05) is 24.7 Å². The summed E-state index contributed by atoms with van der Waals surface area (Å²) in [5.74, 6) is 1.60. The summed E-state index contributed by atoms with van der Waals surface area (Å²) in [4.78, 5) is 9.37. The second kappa shape index (κ2) is 5.89. The Bertz CT molecular complexity index is 400. The normalized spacial score (nSPS) is 18.0. The van der Waals surface area contributed by atoms with E-state index in [0.717, 1.165) is 17.1 Å². The van der Waals surface area contributed by atoms with Crippen LogP contribution in [-0.4, -0.2) is 43.1 Å². The van der Waals surface area contributed by atoms with Gasteiger partial charge in [-0.15, -0.1) is 11.6 Å². The highest BCUT2D eigenvalue weighted by molar-refractivity contribution is 6.17. The van der Waals surface area contributed by atoms with E-state index in [2.05, 4.69) is 41.0 Å². The minimum Gasteiger partial charge on any atom is -0.357 e. The number of nitrogens with zero attached hydrogens (tertiary/aromatic N) is 3. The summed E-state index contributed by atoms with van der Waals surface area (Å²) in [6.45, 7) is 4.38. The lowest BCUT2D eigenvalue weighted by Gasteiger charge is -2.35. The third kappa shape index (κ3) is 2.96. The van der Waals surface area contributed by atoms with Crippen molar-refractivity contribution in [1.82, 2.24) is 9.88 Å². The molecule has 0 bridgehead atoms. The van der Waals surface area contributed by atoms with Gasteiger partial charge in [-0.3, -0.25) is 0 Å². The first-order valence-electron chi connectivity index (χ1n) is 6.55. The predicted molar refractivity (Wildman–Crippen MR) is 77.5 cm³/mol. The van der Waals surface area contributed by atoms with Crippen LogP contribution >= 0.6 is 11.6 Å². The first kappa shape index (κ1) is 13.6. The van der Waals surface area contributed by atoms with E-state index in [1.807, 2.05) is 6.92 Å². The van der Waals surface area contributed by atoms with Crippen molar-refractivity contribution in [3.05, 3.63) is 23.4 Å². The van der Waals surface area contributed by atoms with Crippen LogP contribution in [0.3, 0.4) is 0 Å². The largest absolute Gasteiger partial charge is 0.357 e. The fourth-order valence-corrected chi connectivity index (χ4v) is 2.77. The van der Waals surface area contributed by atoms with Crippen LogP contribution in [0.4, 0.5) is 5.82 Å². The van der Waals surface area contributed by atoms with Gasteiger partial charge in [0.05, 0.1) is 0 Å². The molecule has 1 aromatic rings. The molecule has 0 saturated carbocycles. The van der Waals surface area contributed by atoms with E-state index in [1.54, 1.807) is 0 Å². The van der Waals surface area contributed by atoms with E-state index < -0.39 is 0 Å².